The number of nitrogens with one attached hydrogen (secondary N) is 3. The van der Waals surface area contributed by atoms with Gasteiger partial charge in [-0.3, -0.25) is 20.4 Å². The van der Waals surface area contributed by atoms with Gasteiger partial charge in [-0.1, -0.05) is 29.7 Å². The van der Waals surface area contributed by atoms with Gasteiger partial charge in [-0.05, 0) is 37.3 Å². The Bertz CT molecular complexity index is 961. The van der Waals surface area contributed by atoms with E-state index in [1.54, 1.807) is 24.3 Å². The lowest BCUT2D eigenvalue weighted by atomic mass is 10.1. The average Bonchev–Trinajstić information content (AvgIpc) is 2.65. The van der Waals surface area contributed by atoms with E-state index in [2.05, 4.69) is 21.5 Å². The standard InChI is InChI=1S/C18H17N3O4S/c1-3-11-19-26(24,25)16-6-4-5-15(12-16)18(23)21-20-17(22)14-9-7-13(2)8-10-14/h1,4-10,12,19H,11H2,2H3,(H,20,22)(H,21,23). The van der Waals surface area contributed by atoms with Gasteiger partial charge in [-0.25, -0.2) is 8.42 Å². The molecule has 0 atom stereocenters. The molecule has 0 radical (unpaired) electrons. The van der Waals surface area contributed by atoms with E-state index in [1.807, 2.05) is 6.92 Å². The molecule has 26 heavy (non-hydrogen) atoms. The highest BCUT2D eigenvalue weighted by Gasteiger charge is 2.16. The van der Waals surface area contributed by atoms with Crippen LogP contribution >= 0.6 is 0 Å². The average molecular weight is 371 g/mol. The van der Waals surface area contributed by atoms with Crippen LogP contribution in [0.4, 0.5) is 0 Å². The van der Waals surface area contributed by atoms with E-state index in [4.69, 9.17) is 6.42 Å². The molecule has 7 nitrogen and oxygen atoms in total. The topological polar surface area (TPSA) is 104 Å². The number of hydrogen-bond acceptors (Lipinski definition) is 4. The van der Waals surface area contributed by atoms with Crippen LogP contribution < -0.4 is 15.6 Å². The van der Waals surface area contributed by atoms with Crippen LogP contribution in [0.3, 0.4) is 0 Å². The lowest BCUT2D eigenvalue weighted by molar-refractivity contribution is 0.0846. The van der Waals surface area contributed by atoms with Crippen LogP contribution in [0.25, 0.3) is 0 Å². The Hall–Kier alpha value is -3.15. The second kappa shape index (κ2) is 8.29. The van der Waals surface area contributed by atoms with Crippen LogP contribution in [-0.4, -0.2) is 26.8 Å². The second-order valence-corrected chi connectivity index (χ2v) is 7.10. The third kappa shape index (κ3) is 4.92. The molecule has 8 heteroatoms. The third-order valence-corrected chi connectivity index (χ3v) is 4.77. The zero-order valence-electron chi connectivity index (χ0n) is 13.9. The maximum absolute atomic E-state index is 12.2. The fourth-order valence-corrected chi connectivity index (χ4v) is 2.97. The molecule has 0 spiro atoms. The minimum atomic E-state index is -3.82. The van der Waals surface area contributed by atoms with Crippen molar-refractivity contribution in [2.45, 2.75) is 11.8 Å². The molecular formula is C18H17N3O4S. The predicted octanol–water partition coefficient (Wildman–Crippen LogP) is 0.981. The molecule has 0 saturated heterocycles. The SMILES string of the molecule is C#CCNS(=O)(=O)c1cccc(C(=O)NNC(=O)c2ccc(C)cc2)c1. The number of sulfonamides is 1. The first-order valence-electron chi connectivity index (χ1n) is 7.54. The molecule has 3 N–H and O–H groups in total. The van der Waals surface area contributed by atoms with Crippen molar-refractivity contribution in [2.24, 2.45) is 0 Å². The number of carbonyl (C=O) groups excluding carboxylic acids is 2. The molecule has 0 aliphatic heterocycles. The maximum atomic E-state index is 12.2. The lowest BCUT2D eigenvalue weighted by Gasteiger charge is -2.09. The van der Waals surface area contributed by atoms with Crippen LogP contribution in [0.5, 0.6) is 0 Å². The number of hydrogen-bond donors (Lipinski definition) is 3. The fraction of sp³-hybridized carbons (Fsp3) is 0.111. The van der Waals surface area contributed by atoms with Gasteiger partial charge in [0.05, 0.1) is 11.4 Å². The molecule has 134 valence electrons. The summed E-state index contributed by atoms with van der Waals surface area (Å²) in [6, 6.07) is 12.2. The number of terminal acetylenes is 1. The van der Waals surface area contributed by atoms with Gasteiger partial charge in [-0.15, -0.1) is 6.42 Å². The molecule has 2 amide bonds. The molecule has 2 rings (SSSR count). The Morgan fingerprint density at radius 1 is 1.00 bits per heavy atom. The summed E-state index contributed by atoms with van der Waals surface area (Å²) >= 11 is 0. The van der Waals surface area contributed by atoms with Crippen molar-refractivity contribution in [3.8, 4) is 12.3 Å². The number of aryl methyl sites for hydroxylation is 1. The first-order valence-corrected chi connectivity index (χ1v) is 9.02. The monoisotopic (exact) mass is 371 g/mol. The van der Waals surface area contributed by atoms with Crippen molar-refractivity contribution in [1.29, 1.82) is 0 Å². The second-order valence-electron chi connectivity index (χ2n) is 5.33. The van der Waals surface area contributed by atoms with Crippen LogP contribution in [0, 0.1) is 19.3 Å². The number of hydrazine groups is 1. The van der Waals surface area contributed by atoms with Crippen LogP contribution in [-0.2, 0) is 10.0 Å². The number of carbonyl (C=O) groups is 2. The number of benzene rings is 2. The number of amides is 2. The van der Waals surface area contributed by atoms with Crippen LogP contribution in [0.1, 0.15) is 26.3 Å². The molecule has 0 aliphatic carbocycles. The Balaban J connectivity index is 2.06. The largest absolute Gasteiger partial charge is 0.269 e. The van der Waals surface area contributed by atoms with Crippen LogP contribution in [0.2, 0.25) is 0 Å². The summed E-state index contributed by atoms with van der Waals surface area (Å²) in [5.41, 5.74) is 5.98. The summed E-state index contributed by atoms with van der Waals surface area (Å²) in [5, 5.41) is 0. The van der Waals surface area contributed by atoms with Crippen molar-refractivity contribution >= 4 is 21.8 Å². The lowest BCUT2D eigenvalue weighted by Crippen LogP contribution is -2.41. The molecule has 2 aromatic carbocycles. The molecule has 0 saturated carbocycles. The highest BCUT2D eigenvalue weighted by Crippen LogP contribution is 2.11. The van der Waals surface area contributed by atoms with E-state index in [0.29, 0.717) is 5.56 Å². The highest BCUT2D eigenvalue weighted by atomic mass is 32.2. The summed E-state index contributed by atoms with van der Waals surface area (Å²) in [7, 11) is -3.82. The predicted molar refractivity (Wildman–Crippen MR) is 96.6 cm³/mol. The third-order valence-electron chi connectivity index (χ3n) is 3.37. The van der Waals surface area contributed by atoms with Gasteiger partial charge in [0.2, 0.25) is 10.0 Å². The Labute approximate surface area is 151 Å². The highest BCUT2D eigenvalue weighted by molar-refractivity contribution is 7.89. The molecular weight excluding hydrogens is 354 g/mol. The molecule has 0 heterocycles. The minimum Gasteiger partial charge on any atom is -0.267 e. The van der Waals surface area contributed by atoms with Gasteiger partial charge >= 0.3 is 0 Å². The van der Waals surface area contributed by atoms with Gasteiger partial charge in [0.1, 0.15) is 0 Å². The first-order chi connectivity index (χ1) is 12.3. The molecule has 0 bridgehead atoms. The smallest absolute Gasteiger partial charge is 0.267 e. The quantitative estimate of drug-likeness (QED) is 0.538. The summed E-state index contributed by atoms with van der Waals surface area (Å²) in [6.45, 7) is 1.73. The molecule has 0 fully saturated rings. The van der Waals surface area contributed by atoms with Gasteiger partial charge in [0.25, 0.3) is 11.8 Å². The van der Waals surface area contributed by atoms with E-state index >= 15 is 0 Å². The van der Waals surface area contributed by atoms with Gasteiger partial charge < -0.3 is 0 Å². The Kier molecular flexibility index (Phi) is 6.11. The Morgan fingerprint density at radius 2 is 1.62 bits per heavy atom. The van der Waals surface area contributed by atoms with E-state index in [1.165, 1.54) is 24.3 Å². The Morgan fingerprint density at radius 3 is 2.23 bits per heavy atom. The van der Waals surface area contributed by atoms with Gasteiger partial charge in [0, 0.05) is 11.1 Å². The summed E-state index contributed by atoms with van der Waals surface area (Å²) < 4.78 is 26.3. The van der Waals surface area contributed by atoms with Crippen molar-refractivity contribution in [1.82, 2.24) is 15.6 Å². The summed E-state index contributed by atoms with van der Waals surface area (Å²) in [6.07, 6.45) is 5.03. The van der Waals surface area contributed by atoms with Crippen molar-refractivity contribution < 1.29 is 18.0 Å². The summed E-state index contributed by atoms with van der Waals surface area (Å²) in [5.74, 6) is 1.02. The molecule has 2 aromatic rings. The van der Waals surface area contributed by atoms with E-state index < -0.39 is 21.8 Å². The zero-order chi connectivity index (χ0) is 19.2. The maximum Gasteiger partial charge on any atom is 0.269 e. The molecule has 0 aliphatic rings. The van der Waals surface area contributed by atoms with E-state index in [0.717, 1.165) is 5.56 Å². The van der Waals surface area contributed by atoms with E-state index in [-0.39, 0.29) is 17.0 Å². The van der Waals surface area contributed by atoms with E-state index in [9.17, 15) is 18.0 Å². The summed E-state index contributed by atoms with van der Waals surface area (Å²) in [4.78, 5) is 24.0. The van der Waals surface area contributed by atoms with Gasteiger partial charge in [-0.2, -0.15) is 4.72 Å². The fourth-order valence-electron chi connectivity index (χ4n) is 1.99. The van der Waals surface area contributed by atoms with Crippen molar-refractivity contribution in [2.75, 3.05) is 6.54 Å². The first kappa shape index (κ1) is 19.2. The van der Waals surface area contributed by atoms with Crippen LogP contribution in [0.15, 0.2) is 53.4 Å². The van der Waals surface area contributed by atoms with Crippen molar-refractivity contribution in [3.63, 3.8) is 0 Å². The van der Waals surface area contributed by atoms with Crippen molar-refractivity contribution in [3.05, 3.63) is 65.2 Å². The molecule has 0 unspecified atom stereocenters. The normalized spacial score (nSPS) is 10.6. The zero-order valence-corrected chi connectivity index (χ0v) is 14.8. The number of rotatable bonds is 5. The minimum absolute atomic E-state index is 0.0674. The molecule has 0 aromatic heterocycles. The van der Waals surface area contributed by atoms with Gasteiger partial charge in [0.15, 0.2) is 0 Å².